The Morgan fingerprint density at radius 1 is 1.38 bits per heavy atom. The minimum absolute atomic E-state index is 0.0803. The summed E-state index contributed by atoms with van der Waals surface area (Å²) < 4.78 is 10.6. The number of methoxy groups -OCH3 is 1. The van der Waals surface area contributed by atoms with Crippen molar-refractivity contribution >= 4 is 11.6 Å². The Kier molecular flexibility index (Phi) is 6.23. The van der Waals surface area contributed by atoms with Crippen LogP contribution in [-0.4, -0.2) is 32.9 Å². The summed E-state index contributed by atoms with van der Waals surface area (Å²) >= 11 is 5.99. The molecule has 1 unspecified atom stereocenters. The Morgan fingerprint density at radius 3 is 2.81 bits per heavy atom. The molecule has 0 aliphatic rings. The highest BCUT2D eigenvalue weighted by molar-refractivity contribution is 6.32. The second-order valence-electron chi connectivity index (χ2n) is 3.56. The first-order valence-corrected chi connectivity index (χ1v) is 5.72. The van der Waals surface area contributed by atoms with Gasteiger partial charge in [0.25, 0.3) is 0 Å². The van der Waals surface area contributed by atoms with Gasteiger partial charge in [-0.25, -0.2) is 0 Å². The van der Waals surface area contributed by atoms with Crippen LogP contribution in [0.3, 0.4) is 0 Å². The van der Waals surface area contributed by atoms with Gasteiger partial charge in [-0.3, -0.25) is 0 Å². The van der Waals surface area contributed by atoms with Gasteiger partial charge in [0.15, 0.2) is 0 Å². The molecule has 0 aromatic heterocycles. The lowest BCUT2D eigenvalue weighted by atomic mass is 10.3. The first kappa shape index (κ1) is 13.3. The maximum atomic E-state index is 5.99. The van der Waals surface area contributed by atoms with Crippen LogP contribution in [-0.2, 0) is 4.74 Å². The number of hydrogen-bond acceptors (Lipinski definition) is 3. The van der Waals surface area contributed by atoms with Gasteiger partial charge in [0.05, 0.1) is 11.6 Å². The van der Waals surface area contributed by atoms with Crippen LogP contribution in [0.4, 0.5) is 0 Å². The molecule has 0 aliphatic carbocycles. The van der Waals surface area contributed by atoms with Crippen molar-refractivity contribution in [2.24, 2.45) is 0 Å². The zero-order chi connectivity index (χ0) is 11.8. The average Bonchev–Trinajstić information content (AvgIpc) is 2.28. The smallest absolute Gasteiger partial charge is 0.138 e. The standard InChI is InChI=1S/C12H18ClNO2/c1-10(9-14-7-8-15-2)16-12-6-4-3-5-11(12)13/h3-6,10,14H,7-9H2,1-2H3. The number of hydrogen-bond donors (Lipinski definition) is 1. The molecule has 1 aromatic carbocycles. The molecule has 16 heavy (non-hydrogen) atoms. The van der Waals surface area contributed by atoms with E-state index >= 15 is 0 Å². The van der Waals surface area contributed by atoms with Crippen LogP contribution >= 0.6 is 11.6 Å². The number of para-hydroxylation sites is 1. The Bertz CT molecular complexity index is 307. The Labute approximate surface area is 102 Å². The molecule has 1 rings (SSSR count). The Balaban J connectivity index is 2.28. The van der Waals surface area contributed by atoms with Crippen molar-refractivity contribution in [1.29, 1.82) is 0 Å². The quantitative estimate of drug-likeness (QED) is 0.746. The molecule has 0 saturated heterocycles. The van der Waals surface area contributed by atoms with E-state index in [0.29, 0.717) is 11.6 Å². The van der Waals surface area contributed by atoms with Gasteiger partial charge < -0.3 is 14.8 Å². The van der Waals surface area contributed by atoms with Crippen LogP contribution < -0.4 is 10.1 Å². The van der Waals surface area contributed by atoms with Crippen molar-refractivity contribution in [2.45, 2.75) is 13.0 Å². The number of rotatable bonds is 7. The number of ether oxygens (including phenoxy) is 2. The molecule has 90 valence electrons. The van der Waals surface area contributed by atoms with Crippen molar-refractivity contribution in [3.8, 4) is 5.75 Å². The Hall–Kier alpha value is -0.770. The third-order valence-electron chi connectivity index (χ3n) is 2.08. The van der Waals surface area contributed by atoms with E-state index in [2.05, 4.69) is 5.32 Å². The molecule has 0 aliphatic heterocycles. The van der Waals surface area contributed by atoms with Crippen LogP contribution in [0.15, 0.2) is 24.3 Å². The third-order valence-corrected chi connectivity index (χ3v) is 2.39. The zero-order valence-corrected chi connectivity index (χ0v) is 10.5. The van der Waals surface area contributed by atoms with E-state index in [4.69, 9.17) is 21.1 Å². The largest absolute Gasteiger partial charge is 0.488 e. The molecule has 1 aromatic rings. The second kappa shape index (κ2) is 7.49. The fourth-order valence-corrected chi connectivity index (χ4v) is 1.46. The van der Waals surface area contributed by atoms with Gasteiger partial charge in [-0.15, -0.1) is 0 Å². The maximum Gasteiger partial charge on any atom is 0.138 e. The number of nitrogens with one attached hydrogen (secondary N) is 1. The molecule has 0 fully saturated rings. The monoisotopic (exact) mass is 243 g/mol. The first-order valence-electron chi connectivity index (χ1n) is 5.35. The predicted molar refractivity (Wildman–Crippen MR) is 66.3 cm³/mol. The van der Waals surface area contributed by atoms with E-state index < -0.39 is 0 Å². The van der Waals surface area contributed by atoms with Gasteiger partial charge in [-0.1, -0.05) is 23.7 Å². The highest BCUT2D eigenvalue weighted by Crippen LogP contribution is 2.23. The van der Waals surface area contributed by atoms with E-state index in [-0.39, 0.29) is 6.10 Å². The SMILES string of the molecule is COCCNCC(C)Oc1ccccc1Cl. The van der Waals surface area contributed by atoms with Crippen LogP contribution in [0.5, 0.6) is 5.75 Å². The summed E-state index contributed by atoms with van der Waals surface area (Å²) in [7, 11) is 1.69. The van der Waals surface area contributed by atoms with Gasteiger partial charge >= 0.3 is 0 Å². The molecule has 0 amide bonds. The van der Waals surface area contributed by atoms with Gasteiger partial charge in [-0.05, 0) is 19.1 Å². The third kappa shape index (κ3) is 4.84. The fraction of sp³-hybridized carbons (Fsp3) is 0.500. The summed E-state index contributed by atoms with van der Waals surface area (Å²) in [5.41, 5.74) is 0. The van der Waals surface area contributed by atoms with E-state index in [1.165, 1.54) is 0 Å². The lowest BCUT2D eigenvalue weighted by Crippen LogP contribution is -2.31. The summed E-state index contributed by atoms with van der Waals surface area (Å²) in [5.74, 6) is 0.727. The molecule has 0 bridgehead atoms. The first-order chi connectivity index (χ1) is 7.74. The summed E-state index contributed by atoms with van der Waals surface area (Å²) in [6, 6.07) is 7.49. The maximum absolute atomic E-state index is 5.99. The number of halogens is 1. The average molecular weight is 244 g/mol. The fourth-order valence-electron chi connectivity index (χ4n) is 1.28. The molecule has 0 radical (unpaired) electrons. The van der Waals surface area contributed by atoms with E-state index in [0.717, 1.165) is 18.8 Å². The van der Waals surface area contributed by atoms with Crippen molar-refractivity contribution in [1.82, 2.24) is 5.32 Å². The van der Waals surface area contributed by atoms with Crippen molar-refractivity contribution in [3.63, 3.8) is 0 Å². The molecular formula is C12H18ClNO2. The Morgan fingerprint density at radius 2 is 2.12 bits per heavy atom. The molecule has 0 heterocycles. The molecule has 1 atom stereocenters. The summed E-state index contributed by atoms with van der Waals surface area (Å²) in [4.78, 5) is 0. The van der Waals surface area contributed by atoms with Gasteiger partial charge in [0.1, 0.15) is 11.9 Å². The highest BCUT2D eigenvalue weighted by Gasteiger charge is 2.05. The second-order valence-corrected chi connectivity index (χ2v) is 3.96. The summed E-state index contributed by atoms with van der Waals surface area (Å²) in [6.45, 7) is 4.31. The van der Waals surface area contributed by atoms with E-state index in [1.807, 2.05) is 31.2 Å². The van der Waals surface area contributed by atoms with Crippen LogP contribution in [0, 0.1) is 0 Å². The van der Waals surface area contributed by atoms with E-state index in [1.54, 1.807) is 7.11 Å². The van der Waals surface area contributed by atoms with Gasteiger partial charge in [0.2, 0.25) is 0 Å². The lowest BCUT2D eigenvalue weighted by Gasteiger charge is -2.16. The normalized spacial score (nSPS) is 12.4. The van der Waals surface area contributed by atoms with Crippen molar-refractivity contribution in [2.75, 3.05) is 26.8 Å². The molecule has 4 heteroatoms. The van der Waals surface area contributed by atoms with Crippen molar-refractivity contribution < 1.29 is 9.47 Å². The summed E-state index contributed by atoms with van der Waals surface area (Å²) in [5, 5.41) is 3.88. The topological polar surface area (TPSA) is 30.5 Å². The van der Waals surface area contributed by atoms with Gasteiger partial charge in [0, 0.05) is 20.2 Å². The van der Waals surface area contributed by atoms with Crippen molar-refractivity contribution in [3.05, 3.63) is 29.3 Å². The predicted octanol–water partition coefficient (Wildman–Crippen LogP) is 2.34. The molecular weight excluding hydrogens is 226 g/mol. The van der Waals surface area contributed by atoms with E-state index in [9.17, 15) is 0 Å². The summed E-state index contributed by atoms with van der Waals surface area (Å²) in [6.07, 6.45) is 0.0803. The molecule has 1 N–H and O–H groups in total. The lowest BCUT2D eigenvalue weighted by molar-refractivity contribution is 0.184. The van der Waals surface area contributed by atoms with Gasteiger partial charge in [-0.2, -0.15) is 0 Å². The zero-order valence-electron chi connectivity index (χ0n) is 9.70. The molecule has 0 spiro atoms. The van der Waals surface area contributed by atoms with Crippen LogP contribution in [0.1, 0.15) is 6.92 Å². The van der Waals surface area contributed by atoms with Crippen LogP contribution in [0.25, 0.3) is 0 Å². The minimum atomic E-state index is 0.0803. The molecule has 3 nitrogen and oxygen atoms in total. The highest BCUT2D eigenvalue weighted by atomic mass is 35.5. The van der Waals surface area contributed by atoms with Crippen LogP contribution in [0.2, 0.25) is 5.02 Å². The minimum Gasteiger partial charge on any atom is -0.488 e. The molecule has 0 saturated carbocycles. The number of benzene rings is 1.